The lowest BCUT2D eigenvalue weighted by molar-refractivity contribution is -0.132. The van der Waals surface area contributed by atoms with Gasteiger partial charge in [0.15, 0.2) is 0 Å². The van der Waals surface area contributed by atoms with Gasteiger partial charge >= 0.3 is 0 Å². The van der Waals surface area contributed by atoms with Gasteiger partial charge in [0.05, 0.1) is 13.1 Å². The highest BCUT2D eigenvalue weighted by Crippen LogP contribution is 2.10. The van der Waals surface area contributed by atoms with Crippen molar-refractivity contribution in [3.63, 3.8) is 0 Å². The lowest BCUT2D eigenvalue weighted by Gasteiger charge is -2.35. The van der Waals surface area contributed by atoms with Crippen LogP contribution < -0.4 is 0 Å². The van der Waals surface area contributed by atoms with E-state index < -0.39 is 0 Å². The highest BCUT2D eigenvalue weighted by molar-refractivity contribution is 5.77. The van der Waals surface area contributed by atoms with Crippen molar-refractivity contribution in [1.29, 1.82) is 0 Å². The van der Waals surface area contributed by atoms with Gasteiger partial charge in [0.25, 0.3) is 0 Å². The summed E-state index contributed by atoms with van der Waals surface area (Å²) in [5, 5.41) is 0. The van der Waals surface area contributed by atoms with E-state index in [4.69, 9.17) is 4.42 Å². The van der Waals surface area contributed by atoms with Gasteiger partial charge in [-0.25, -0.2) is 0 Å². The molecule has 1 aliphatic heterocycles. The smallest absolute Gasteiger partial charge is 0.236 e. The number of aryl methyl sites for hydroxylation is 1. The Bertz CT molecular complexity index is 690. The molecule has 2 aromatic rings. The van der Waals surface area contributed by atoms with Crippen molar-refractivity contribution in [1.82, 2.24) is 14.7 Å². The third kappa shape index (κ3) is 5.44. The second-order valence-corrected chi connectivity index (χ2v) is 7.12. The van der Waals surface area contributed by atoms with E-state index >= 15 is 0 Å². The van der Waals surface area contributed by atoms with E-state index in [1.54, 1.807) is 4.90 Å². The van der Waals surface area contributed by atoms with Crippen LogP contribution in [0.15, 0.2) is 46.9 Å². The number of rotatable bonds is 7. The second-order valence-electron chi connectivity index (χ2n) is 7.12. The normalized spacial score (nSPS) is 15.9. The SMILES string of the molecule is Cc1ccc(CN(C)C(=O)CN2CCN(CCc3ccccc3)CC2)o1. The maximum atomic E-state index is 12.4. The summed E-state index contributed by atoms with van der Waals surface area (Å²) in [5.74, 6) is 1.87. The summed E-state index contributed by atoms with van der Waals surface area (Å²) in [5.41, 5.74) is 1.39. The van der Waals surface area contributed by atoms with E-state index in [1.165, 1.54) is 5.56 Å². The average Bonchev–Trinajstić information content (AvgIpc) is 3.06. The quantitative estimate of drug-likeness (QED) is 0.765. The fourth-order valence-electron chi connectivity index (χ4n) is 3.31. The average molecular weight is 355 g/mol. The van der Waals surface area contributed by atoms with Crippen LogP contribution in [0.25, 0.3) is 0 Å². The van der Waals surface area contributed by atoms with Crippen LogP contribution in [-0.4, -0.2) is 66.9 Å². The fourth-order valence-corrected chi connectivity index (χ4v) is 3.31. The third-order valence-corrected chi connectivity index (χ3v) is 5.00. The monoisotopic (exact) mass is 355 g/mol. The van der Waals surface area contributed by atoms with Crippen molar-refractivity contribution < 1.29 is 9.21 Å². The summed E-state index contributed by atoms with van der Waals surface area (Å²) in [6.07, 6.45) is 1.09. The van der Waals surface area contributed by atoms with Crippen LogP contribution >= 0.6 is 0 Å². The van der Waals surface area contributed by atoms with Gasteiger partial charge in [-0.1, -0.05) is 30.3 Å². The Morgan fingerprint density at radius 3 is 2.38 bits per heavy atom. The van der Waals surface area contributed by atoms with Crippen LogP contribution in [0.4, 0.5) is 0 Å². The number of benzene rings is 1. The van der Waals surface area contributed by atoms with Crippen LogP contribution in [0.3, 0.4) is 0 Å². The number of hydrogen-bond donors (Lipinski definition) is 0. The summed E-state index contributed by atoms with van der Waals surface area (Å²) in [6, 6.07) is 14.5. The number of carbonyl (C=O) groups is 1. The first-order valence-electron chi connectivity index (χ1n) is 9.38. The molecule has 1 aromatic carbocycles. The molecule has 0 aliphatic carbocycles. The molecule has 1 aromatic heterocycles. The van der Waals surface area contributed by atoms with E-state index in [2.05, 4.69) is 40.1 Å². The van der Waals surface area contributed by atoms with Crippen LogP contribution in [0.5, 0.6) is 0 Å². The van der Waals surface area contributed by atoms with Crippen LogP contribution in [0.1, 0.15) is 17.1 Å². The van der Waals surface area contributed by atoms with Crippen molar-refractivity contribution in [3.8, 4) is 0 Å². The largest absolute Gasteiger partial charge is 0.464 e. The summed E-state index contributed by atoms with van der Waals surface area (Å²) < 4.78 is 5.56. The highest BCUT2D eigenvalue weighted by Gasteiger charge is 2.20. The number of carbonyl (C=O) groups excluding carboxylic acids is 1. The molecule has 1 aliphatic rings. The minimum Gasteiger partial charge on any atom is -0.464 e. The van der Waals surface area contributed by atoms with Crippen LogP contribution in [0, 0.1) is 6.92 Å². The van der Waals surface area contributed by atoms with Gasteiger partial charge in [-0.2, -0.15) is 0 Å². The lowest BCUT2D eigenvalue weighted by Crippen LogP contribution is -2.49. The molecule has 0 spiro atoms. The lowest BCUT2D eigenvalue weighted by atomic mass is 10.1. The molecule has 0 unspecified atom stereocenters. The summed E-state index contributed by atoms with van der Waals surface area (Å²) in [4.78, 5) is 18.9. The number of nitrogens with zero attached hydrogens (tertiary/aromatic N) is 3. The Labute approximate surface area is 156 Å². The maximum absolute atomic E-state index is 12.4. The molecule has 26 heavy (non-hydrogen) atoms. The molecule has 5 heteroatoms. The van der Waals surface area contributed by atoms with Gasteiger partial charge in [0, 0.05) is 39.8 Å². The Balaban J connectivity index is 1.37. The minimum atomic E-state index is 0.150. The first kappa shape index (κ1) is 18.7. The highest BCUT2D eigenvalue weighted by atomic mass is 16.3. The molecule has 0 bridgehead atoms. The van der Waals surface area contributed by atoms with Crippen molar-refractivity contribution in [2.45, 2.75) is 19.9 Å². The zero-order valence-electron chi connectivity index (χ0n) is 15.9. The molecule has 0 atom stereocenters. The van der Waals surface area contributed by atoms with Gasteiger partial charge in [-0.3, -0.25) is 9.69 Å². The zero-order chi connectivity index (χ0) is 18.4. The molecule has 3 rings (SSSR count). The third-order valence-electron chi connectivity index (χ3n) is 5.00. The second kappa shape index (κ2) is 9.01. The summed E-state index contributed by atoms with van der Waals surface area (Å²) >= 11 is 0. The molecular formula is C21H29N3O2. The number of amides is 1. The number of furan rings is 1. The molecule has 5 nitrogen and oxygen atoms in total. The topological polar surface area (TPSA) is 39.9 Å². The molecule has 0 radical (unpaired) electrons. The van der Waals surface area contributed by atoms with E-state index in [0.29, 0.717) is 13.1 Å². The minimum absolute atomic E-state index is 0.150. The Kier molecular flexibility index (Phi) is 6.47. The van der Waals surface area contributed by atoms with Gasteiger partial charge in [-0.05, 0) is 31.0 Å². The molecule has 1 amide bonds. The van der Waals surface area contributed by atoms with Crippen molar-refractivity contribution in [2.75, 3.05) is 46.3 Å². The zero-order valence-corrected chi connectivity index (χ0v) is 15.9. The standard InChI is InChI=1S/C21H29N3O2/c1-18-8-9-20(26-18)16-22(2)21(25)17-24-14-12-23(13-15-24)11-10-19-6-4-3-5-7-19/h3-9H,10-17H2,1-2H3. The van der Waals surface area contributed by atoms with E-state index in [1.807, 2.05) is 26.1 Å². The van der Waals surface area contributed by atoms with Crippen molar-refractivity contribution >= 4 is 5.91 Å². The van der Waals surface area contributed by atoms with Crippen molar-refractivity contribution in [3.05, 3.63) is 59.5 Å². The number of likely N-dealkylation sites (N-methyl/N-ethyl adjacent to an activating group) is 1. The Morgan fingerprint density at radius 1 is 1.04 bits per heavy atom. The fraction of sp³-hybridized carbons (Fsp3) is 0.476. The molecule has 1 saturated heterocycles. The first-order chi connectivity index (χ1) is 12.6. The van der Waals surface area contributed by atoms with Crippen molar-refractivity contribution in [2.24, 2.45) is 0 Å². The van der Waals surface area contributed by atoms with Gasteiger partial charge in [0.1, 0.15) is 11.5 Å². The number of hydrogen-bond acceptors (Lipinski definition) is 4. The molecule has 140 valence electrons. The van der Waals surface area contributed by atoms with E-state index in [0.717, 1.165) is 50.7 Å². The van der Waals surface area contributed by atoms with E-state index in [-0.39, 0.29) is 5.91 Å². The van der Waals surface area contributed by atoms with E-state index in [9.17, 15) is 4.79 Å². The Hall–Kier alpha value is -2.11. The maximum Gasteiger partial charge on any atom is 0.236 e. The van der Waals surface area contributed by atoms with Crippen LogP contribution in [-0.2, 0) is 17.8 Å². The first-order valence-corrected chi connectivity index (χ1v) is 9.38. The Morgan fingerprint density at radius 2 is 1.73 bits per heavy atom. The molecule has 1 fully saturated rings. The predicted octanol–water partition coefficient (Wildman–Crippen LogP) is 2.41. The predicted molar refractivity (Wildman–Crippen MR) is 103 cm³/mol. The summed E-state index contributed by atoms with van der Waals surface area (Å²) in [7, 11) is 1.84. The molecule has 0 saturated carbocycles. The van der Waals surface area contributed by atoms with Gasteiger partial charge in [0.2, 0.25) is 5.91 Å². The van der Waals surface area contributed by atoms with Gasteiger partial charge in [-0.15, -0.1) is 0 Å². The number of piperazine rings is 1. The molecule has 0 N–H and O–H groups in total. The summed E-state index contributed by atoms with van der Waals surface area (Å²) in [6.45, 7) is 7.99. The molecule has 2 heterocycles. The molecular weight excluding hydrogens is 326 g/mol. The van der Waals surface area contributed by atoms with Gasteiger partial charge < -0.3 is 14.2 Å². The van der Waals surface area contributed by atoms with Crippen LogP contribution in [0.2, 0.25) is 0 Å².